The van der Waals surface area contributed by atoms with Crippen LogP contribution in [0, 0.1) is 12.3 Å². The minimum Gasteiger partial charge on any atom is -0.348 e. The van der Waals surface area contributed by atoms with Crippen LogP contribution in [0.1, 0.15) is 70.1 Å². The summed E-state index contributed by atoms with van der Waals surface area (Å²) in [5.74, 6) is -3.30. The Bertz CT molecular complexity index is 1680. The van der Waals surface area contributed by atoms with Crippen LogP contribution in [-0.2, 0) is 4.74 Å². The van der Waals surface area contributed by atoms with Crippen LogP contribution in [0.2, 0.25) is 5.02 Å². The first-order chi connectivity index (χ1) is 18.8. The van der Waals surface area contributed by atoms with Gasteiger partial charge in [0.05, 0.1) is 5.92 Å². The number of ether oxygens (including phenoxy) is 1. The van der Waals surface area contributed by atoms with E-state index in [-0.39, 0.29) is 22.3 Å². The average Bonchev–Trinajstić information content (AvgIpc) is 3.47. The lowest BCUT2D eigenvalue weighted by atomic mass is 9.60. The molecular weight excluding hydrogens is 512 g/mol. The first kappa shape index (κ1) is 23.9. The van der Waals surface area contributed by atoms with Crippen LogP contribution in [0.15, 0.2) is 97.1 Å². The Hall–Kier alpha value is -4.19. The Labute approximate surface area is 229 Å². The normalized spacial score (nSPS) is 22.1. The van der Waals surface area contributed by atoms with E-state index >= 15 is 0 Å². The van der Waals surface area contributed by atoms with Crippen molar-refractivity contribution in [3.8, 4) is 0 Å². The number of halogens is 1. The van der Waals surface area contributed by atoms with Crippen molar-refractivity contribution in [2.45, 2.75) is 24.5 Å². The van der Waals surface area contributed by atoms with Crippen LogP contribution in [0.4, 0.5) is 0 Å². The van der Waals surface area contributed by atoms with E-state index in [1.807, 2.05) is 19.1 Å². The fourth-order valence-corrected chi connectivity index (χ4v) is 6.95. The molecule has 1 saturated heterocycles. The number of benzene rings is 4. The van der Waals surface area contributed by atoms with Crippen LogP contribution >= 0.6 is 11.6 Å². The predicted octanol–water partition coefficient (Wildman–Crippen LogP) is 6.39. The zero-order valence-corrected chi connectivity index (χ0v) is 21.6. The van der Waals surface area contributed by atoms with Gasteiger partial charge in [-0.25, -0.2) is 0 Å². The van der Waals surface area contributed by atoms with Gasteiger partial charge in [0, 0.05) is 27.3 Å². The van der Waals surface area contributed by atoms with Crippen molar-refractivity contribution < 1.29 is 23.9 Å². The fraction of sp³-hybridized carbons (Fsp3) is 0.152. The molecule has 4 aromatic carbocycles. The van der Waals surface area contributed by atoms with E-state index in [1.165, 1.54) is 0 Å². The lowest BCUT2D eigenvalue weighted by molar-refractivity contribution is -0.0210. The zero-order valence-electron chi connectivity index (χ0n) is 20.8. The van der Waals surface area contributed by atoms with Crippen molar-refractivity contribution in [2.24, 2.45) is 5.41 Å². The van der Waals surface area contributed by atoms with Gasteiger partial charge in [-0.15, -0.1) is 0 Å². The molecule has 5 nitrogen and oxygen atoms in total. The fourth-order valence-electron chi connectivity index (χ4n) is 6.75. The number of Topliss-reactive ketones (excluding diaryl/α,β-unsaturated/α-hetero) is 4. The molecule has 1 heterocycles. The van der Waals surface area contributed by atoms with Gasteiger partial charge in [0.15, 0.2) is 11.6 Å². The summed E-state index contributed by atoms with van der Waals surface area (Å²) in [6.07, 6.45) is -1.20. The van der Waals surface area contributed by atoms with Gasteiger partial charge in [0.2, 0.25) is 17.2 Å². The summed E-state index contributed by atoms with van der Waals surface area (Å²) in [5.41, 5.74) is -1.18. The smallest absolute Gasteiger partial charge is 0.204 e. The molecule has 190 valence electrons. The van der Waals surface area contributed by atoms with E-state index < -0.39 is 46.2 Å². The van der Waals surface area contributed by atoms with Crippen LogP contribution in [0.5, 0.6) is 0 Å². The molecular formula is C33H21ClO5. The Morgan fingerprint density at radius 2 is 1.13 bits per heavy atom. The molecule has 2 unspecified atom stereocenters. The molecule has 0 amide bonds. The molecule has 1 fully saturated rings. The van der Waals surface area contributed by atoms with Crippen LogP contribution in [0.3, 0.4) is 0 Å². The van der Waals surface area contributed by atoms with Crippen molar-refractivity contribution in [2.75, 3.05) is 0 Å². The van der Waals surface area contributed by atoms with Gasteiger partial charge in [-0.1, -0.05) is 102 Å². The van der Waals surface area contributed by atoms with Gasteiger partial charge in [0.1, 0.15) is 11.5 Å². The van der Waals surface area contributed by atoms with Crippen molar-refractivity contribution in [3.63, 3.8) is 0 Å². The second-order valence-corrected chi connectivity index (χ2v) is 10.8. The van der Waals surface area contributed by atoms with Crippen molar-refractivity contribution in [3.05, 3.63) is 141 Å². The van der Waals surface area contributed by atoms with Gasteiger partial charge >= 0.3 is 0 Å². The Balaban J connectivity index is 1.60. The number of aryl methyl sites for hydroxylation is 1. The Morgan fingerprint density at radius 3 is 1.64 bits per heavy atom. The number of carbonyl (C=O) groups is 4. The maximum Gasteiger partial charge on any atom is 0.204 e. The number of hydrogen-bond acceptors (Lipinski definition) is 5. The highest BCUT2D eigenvalue weighted by atomic mass is 35.5. The molecule has 6 heteroatoms. The molecule has 1 aliphatic heterocycles. The van der Waals surface area contributed by atoms with E-state index in [1.54, 1.807) is 84.9 Å². The first-order valence-corrected chi connectivity index (χ1v) is 13.1. The van der Waals surface area contributed by atoms with E-state index in [4.69, 9.17) is 16.3 Å². The van der Waals surface area contributed by atoms with E-state index in [0.717, 1.165) is 5.56 Å². The Morgan fingerprint density at radius 1 is 0.615 bits per heavy atom. The number of carbonyl (C=O) groups excluding carboxylic acids is 4. The summed E-state index contributed by atoms with van der Waals surface area (Å²) in [7, 11) is 0. The third-order valence-corrected chi connectivity index (χ3v) is 8.64. The van der Waals surface area contributed by atoms with Crippen molar-refractivity contribution in [1.29, 1.82) is 0 Å². The predicted molar refractivity (Wildman–Crippen MR) is 145 cm³/mol. The summed E-state index contributed by atoms with van der Waals surface area (Å²) >= 11 is 6.43. The van der Waals surface area contributed by atoms with Crippen LogP contribution in [-0.4, -0.2) is 28.7 Å². The molecule has 2 atom stereocenters. The number of hydrogen-bond donors (Lipinski definition) is 0. The monoisotopic (exact) mass is 532 g/mol. The highest BCUT2D eigenvalue weighted by Gasteiger charge is 2.79. The third kappa shape index (κ3) is 2.89. The topological polar surface area (TPSA) is 77.5 Å². The van der Waals surface area contributed by atoms with Crippen LogP contribution in [0.25, 0.3) is 0 Å². The van der Waals surface area contributed by atoms with E-state index in [9.17, 15) is 19.2 Å². The molecule has 2 aliphatic carbocycles. The average molecular weight is 533 g/mol. The lowest BCUT2D eigenvalue weighted by Gasteiger charge is -2.34. The quantitative estimate of drug-likeness (QED) is 0.280. The summed E-state index contributed by atoms with van der Waals surface area (Å²) in [5, 5.41) is 0.349. The zero-order chi connectivity index (χ0) is 27.1. The Kier molecular flexibility index (Phi) is 5.00. The molecule has 3 aliphatic rings. The minimum absolute atomic E-state index is 0.213. The highest BCUT2D eigenvalue weighted by molar-refractivity contribution is 6.37. The van der Waals surface area contributed by atoms with Crippen LogP contribution < -0.4 is 0 Å². The molecule has 0 N–H and O–H groups in total. The van der Waals surface area contributed by atoms with Gasteiger partial charge in [0.25, 0.3) is 0 Å². The number of fused-ring (bicyclic) bond motifs is 2. The first-order valence-electron chi connectivity index (χ1n) is 12.7. The summed E-state index contributed by atoms with van der Waals surface area (Å²) < 4.78 is 6.68. The summed E-state index contributed by atoms with van der Waals surface area (Å²) in [6.45, 7) is 1.92. The molecule has 0 aromatic heterocycles. The van der Waals surface area contributed by atoms with Gasteiger partial charge < -0.3 is 4.74 Å². The maximum atomic E-state index is 14.6. The van der Waals surface area contributed by atoms with Gasteiger partial charge in [-0.05, 0) is 30.2 Å². The van der Waals surface area contributed by atoms with Gasteiger partial charge in [-0.3, -0.25) is 19.2 Å². The number of ketones is 4. The maximum absolute atomic E-state index is 14.6. The lowest BCUT2D eigenvalue weighted by Crippen LogP contribution is -2.51. The molecule has 0 radical (unpaired) electrons. The third-order valence-electron chi connectivity index (χ3n) is 8.40. The molecule has 2 spiro atoms. The number of rotatable bonds is 2. The summed E-state index contributed by atoms with van der Waals surface area (Å²) in [4.78, 5) is 58.0. The van der Waals surface area contributed by atoms with E-state index in [0.29, 0.717) is 16.1 Å². The standard InChI is InChI=1S/C33H21ClO5/c1-18-13-15-19(16-14-18)31-32(27(35)22-9-2-3-10-23(22)28(32)36)26(20-7-6-8-21(34)17-20)33(39-31)29(37)24-11-4-5-12-25(24)30(33)38/h2-17,26,31H,1H3. The molecule has 4 aromatic rings. The molecule has 39 heavy (non-hydrogen) atoms. The largest absolute Gasteiger partial charge is 0.348 e. The highest BCUT2D eigenvalue weighted by Crippen LogP contribution is 2.68. The second kappa shape index (κ2) is 8.15. The molecule has 0 saturated carbocycles. The molecule has 0 bridgehead atoms. The SMILES string of the molecule is Cc1ccc(C2OC3(C(=O)c4ccccc4C3=O)C(c3cccc(Cl)c3)C23C(=O)c2ccccc2C3=O)cc1. The van der Waals surface area contributed by atoms with E-state index in [2.05, 4.69) is 0 Å². The van der Waals surface area contributed by atoms with Crippen molar-refractivity contribution in [1.82, 2.24) is 0 Å². The molecule has 7 rings (SSSR count). The minimum atomic E-state index is -2.13. The van der Waals surface area contributed by atoms with Gasteiger partial charge in [-0.2, -0.15) is 0 Å². The van der Waals surface area contributed by atoms with Crippen molar-refractivity contribution >= 4 is 34.7 Å². The second-order valence-electron chi connectivity index (χ2n) is 10.4. The summed E-state index contributed by atoms with van der Waals surface area (Å²) in [6, 6.07) is 27.1.